The van der Waals surface area contributed by atoms with Crippen molar-refractivity contribution < 1.29 is 27.4 Å². The largest absolute Gasteiger partial charge is 0.442 e. The fourth-order valence-corrected chi connectivity index (χ4v) is 1.86. The Labute approximate surface area is 124 Å². The summed E-state index contributed by atoms with van der Waals surface area (Å²) < 4.78 is 48.9. The van der Waals surface area contributed by atoms with E-state index in [2.05, 4.69) is 20.6 Å². The second kappa shape index (κ2) is 6.65. The topological polar surface area (TPSA) is 72.0 Å². The molecule has 22 heavy (non-hydrogen) atoms. The molecule has 2 N–H and O–H groups in total. The first-order valence-corrected chi connectivity index (χ1v) is 6.35. The Balaban J connectivity index is 2.29. The zero-order chi connectivity index (χ0) is 16.2. The van der Waals surface area contributed by atoms with Crippen LogP contribution in [0.25, 0.3) is 0 Å². The second-order valence-corrected chi connectivity index (χ2v) is 4.42. The number of carbonyl (C=O) groups excluding carboxylic acids is 1. The van der Waals surface area contributed by atoms with Crippen molar-refractivity contribution in [2.45, 2.75) is 6.18 Å². The van der Waals surface area contributed by atoms with Gasteiger partial charge in [-0.05, 0) is 12.1 Å². The fraction of sp³-hybridized carbons (Fsp3) is 0.385. The molecule has 120 valence electrons. The van der Waals surface area contributed by atoms with E-state index in [1.165, 1.54) is 19.2 Å². The number of nitrogens with zero attached hydrogens (tertiary/aromatic N) is 1. The van der Waals surface area contributed by atoms with Gasteiger partial charge in [0, 0.05) is 24.9 Å². The van der Waals surface area contributed by atoms with E-state index in [0.717, 1.165) is 6.07 Å². The fourth-order valence-electron chi connectivity index (χ4n) is 1.86. The van der Waals surface area contributed by atoms with Crippen LogP contribution in [0.4, 0.5) is 23.7 Å². The third-order valence-corrected chi connectivity index (χ3v) is 2.90. The number of rotatable bonds is 5. The first-order chi connectivity index (χ1) is 10.4. The van der Waals surface area contributed by atoms with Crippen molar-refractivity contribution in [2.75, 3.05) is 32.2 Å². The molecule has 0 aromatic heterocycles. The van der Waals surface area contributed by atoms with Gasteiger partial charge in [0.1, 0.15) is 12.3 Å². The van der Waals surface area contributed by atoms with Crippen LogP contribution in [-0.4, -0.2) is 38.7 Å². The normalized spacial score (nSPS) is 14.9. The van der Waals surface area contributed by atoms with Crippen LogP contribution in [0.5, 0.6) is 0 Å². The van der Waals surface area contributed by atoms with E-state index in [4.69, 9.17) is 4.74 Å². The molecule has 0 unspecified atom stereocenters. The van der Waals surface area contributed by atoms with Gasteiger partial charge in [0.25, 0.3) is 0 Å². The first-order valence-electron chi connectivity index (χ1n) is 6.35. The highest BCUT2D eigenvalue weighted by Crippen LogP contribution is 2.35. The van der Waals surface area contributed by atoms with Crippen LogP contribution < -0.4 is 10.7 Å². The molecule has 1 aromatic rings. The van der Waals surface area contributed by atoms with Crippen LogP contribution in [0.1, 0.15) is 11.1 Å². The van der Waals surface area contributed by atoms with E-state index in [-0.39, 0.29) is 36.7 Å². The number of nitrogens with one attached hydrogen (secondary N) is 2. The number of ether oxygens (including phenoxy) is 2. The van der Waals surface area contributed by atoms with Gasteiger partial charge in [-0.1, -0.05) is 6.07 Å². The van der Waals surface area contributed by atoms with Crippen LogP contribution in [0.15, 0.2) is 23.3 Å². The third-order valence-electron chi connectivity index (χ3n) is 2.90. The summed E-state index contributed by atoms with van der Waals surface area (Å²) in [5.74, 6) is 0. The van der Waals surface area contributed by atoms with Crippen LogP contribution in [0.2, 0.25) is 0 Å². The van der Waals surface area contributed by atoms with E-state index < -0.39 is 17.8 Å². The van der Waals surface area contributed by atoms with Crippen molar-refractivity contribution >= 4 is 17.5 Å². The molecule has 1 aromatic carbocycles. The number of carbonyl (C=O) groups is 1. The van der Waals surface area contributed by atoms with Crippen molar-refractivity contribution in [3.8, 4) is 0 Å². The van der Waals surface area contributed by atoms with Crippen molar-refractivity contribution in [1.82, 2.24) is 5.43 Å². The standard InChI is InChI=1S/C13H14F3N3O3/c1-21-5-4-17-10-3-2-8(6-9(10)13(14,15)16)11-7-22-12(20)19-18-11/h2-3,6,17H,4-5,7H2,1H3,(H,19,20). The van der Waals surface area contributed by atoms with Gasteiger partial charge < -0.3 is 14.8 Å². The zero-order valence-corrected chi connectivity index (χ0v) is 11.7. The SMILES string of the molecule is COCCNc1ccc(C2=NNC(=O)OC2)cc1C(F)(F)F. The highest BCUT2D eigenvalue weighted by atomic mass is 19.4. The van der Waals surface area contributed by atoms with Crippen molar-refractivity contribution in [2.24, 2.45) is 5.10 Å². The number of methoxy groups -OCH3 is 1. The summed E-state index contributed by atoms with van der Waals surface area (Å²) in [5, 5.41) is 6.37. The van der Waals surface area contributed by atoms with Crippen LogP contribution in [0, 0.1) is 0 Å². The zero-order valence-electron chi connectivity index (χ0n) is 11.7. The Morgan fingerprint density at radius 3 is 2.82 bits per heavy atom. The lowest BCUT2D eigenvalue weighted by atomic mass is 10.0. The molecule has 2 rings (SSSR count). The summed E-state index contributed by atoms with van der Waals surface area (Å²) in [6.45, 7) is 0.351. The van der Waals surface area contributed by atoms with Crippen molar-refractivity contribution in [3.63, 3.8) is 0 Å². The lowest BCUT2D eigenvalue weighted by Gasteiger charge is -2.18. The molecule has 0 atom stereocenters. The molecule has 0 spiro atoms. The third kappa shape index (κ3) is 3.88. The smallest absolute Gasteiger partial charge is 0.428 e. The molecule has 9 heteroatoms. The van der Waals surface area contributed by atoms with Gasteiger partial charge >= 0.3 is 12.3 Å². The van der Waals surface area contributed by atoms with E-state index in [9.17, 15) is 18.0 Å². The number of alkyl halides is 3. The minimum absolute atomic E-state index is 0.0466. The summed E-state index contributed by atoms with van der Waals surface area (Å²) in [6.07, 6.45) is -5.26. The van der Waals surface area contributed by atoms with Gasteiger partial charge in [-0.25, -0.2) is 10.2 Å². The molecule has 0 bridgehead atoms. The highest BCUT2D eigenvalue weighted by Gasteiger charge is 2.34. The number of hydrogen-bond acceptors (Lipinski definition) is 5. The molecule has 0 aliphatic carbocycles. The van der Waals surface area contributed by atoms with E-state index in [1.807, 2.05) is 0 Å². The van der Waals surface area contributed by atoms with Gasteiger partial charge in [0.05, 0.1) is 12.2 Å². The molecule has 0 saturated heterocycles. The van der Waals surface area contributed by atoms with Gasteiger partial charge in [-0.3, -0.25) is 0 Å². The maximum Gasteiger partial charge on any atom is 0.428 e. The summed E-state index contributed by atoms with van der Waals surface area (Å²) >= 11 is 0. The number of amides is 1. The number of hydrogen-bond donors (Lipinski definition) is 2. The Bertz CT molecular complexity index is 588. The van der Waals surface area contributed by atoms with E-state index in [0.29, 0.717) is 0 Å². The summed E-state index contributed by atoms with van der Waals surface area (Å²) in [6, 6.07) is 3.76. The van der Waals surface area contributed by atoms with E-state index in [1.54, 1.807) is 0 Å². The van der Waals surface area contributed by atoms with Gasteiger partial charge in [0.2, 0.25) is 0 Å². The maximum absolute atomic E-state index is 13.2. The van der Waals surface area contributed by atoms with Gasteiger partial charge in [-0.2, -0.15) is 18.3 Å². The predicted octanol–water partition coefficient (Wildman–Crippen LogP) is 2.21. The Hall–Kier alpha value is -2.29. The number of hydrazone groups is 1. The van der Waals surface area contributed by atoms with Crippen molar-refractivity contribution in [3.05, 3.63) is 29.3 Å². The monoisotopic (exact) mass is 317 g/mol. The van der Waals surface area contributed by atoms with Gasteiger partial charge in [-0.15, -0.1) is 0 Å². The Kier molecular flexibility index (Phi) is 4.86. The minimum atomic E-state index is -4.52. The quantitative estimate of drug-likeness (QED) is 0.817. The molecule has 0 radical (unpaired) electrons. The molecule has 1 heterocycles. The Morgan fingerprint density at radius 1 is 1.45 bits per heavy atom. The molecule has 0 saturated carbocycles. The highest BCUT2D eigenvalue weighted by molar-refractivity contribution is 6.04. The summed E-state index contributed by atoms with van der Waals surface area (Å²) in [7, 11) is 1.46. The molecular formula is C13H14F3N3O3. The molecule has 0 fully saturated rings. The molecular weight excluding hydrogens is 303 g/mol. The van der Waals surface area contributed by atoms with Gasteiger partial charge in [0.15, 0.2) is 0 Å². The number of cyclic esters (lactones) is 1. The Morgan fingerprint density at radius 2 is 2.23 bits per heavy atom. The lowest BCUT2D eigenvalue weighted by Crippen LogP contribution is -2.30. The summed E-state index contributed by atoms with van der Waals surface area (Å²) in [5.41, 5.74) is 1.64. The van der Waals surface area contributed by atoms with Crippen LogP contribution in [-0.2, 0) is 15.7 Å². The average Bonchev–Trinajstić information content (AvgIpc) is 2.47. The number of anilines is 1. The van der Waals surface area contributed by atoms with E-state index >= 15 is 0 Å². The molecule has 1 aliphatic rings. The first kappa shape index (κ1) is 16.1. The molecule has 1 aliphatic heterocycles. The van der Waals surface area contributed by atoms with Crippen molar-refractivity contribution in [1.29, 1.82) is 0 Å². The minimum Gasteiger partial charge on any atom is -0.442 e. The molecule has 1 amide bonds. The number of halogens is 3. The predicted molar refractivity (Wildman–Crippen MR) is 72.8 cm³/mol. The maximum atomic E-state index is 13.2. The lowest BCUT2D eigenvalue weighted by molar-refractivity contribution is -0.137. The second-order valence-electron chi connectivity index (χ2n) is 4.42. The van der Waals surface area contributed by atoms with Crippen LogP contribution in [0.3, 0.4) is 0 Å². The molecule has 6 nitrogen and oxygen atoms in total. The summed E-state index contributed by atoms with van der Waals surface area (Å²) in [4.78, 5) is 10.8. The average molecular weight is 317 g/mol. The number of benzene rings is 1. The van der Waals surface area contributed by atoms with Crippen LogP contribution >= 0.6 is 0 Å².